The first kappa shape index (κ1) is 18.6. The molecule has 140 valence electrons. The van der Waals surface area contributed by atoms with Crippen molar-refractivity contribution < 1.29 is 14.3 Å². The van der Waals surface area contributed by atoms with E-state index in [2.05, 4.69) is 21.6 Å². The maximum absolute atomic E-state index is 12.5. The van der Waals surface area contributed by atoms with E-state index in [0.29, 0.717) is 23.6 Å². The molecule has 1 saturated carbocycles. The Bertz CT molecular complexity index is 970. The summed E-state index contributed by atoms with van der Waals surface area (Å²) in [7, 11) is 0. The third kappa shape index (κ3) is 3.82. The van der Waals surface area contributed by atoms with E-state index in [0.717, 1.165) is 19.3 Å². The molecule has 8 heteroatoms. The van der Waals surface area contributed by atoms with Crippen LogP contribution in [-0.2, 0) is 9.53 Å². The maximum atomic E-state index is 12.5. The van der Waals surface area contributed by atoms with Gasteiger partial charge in [-0.2, -0.15) is 10.4 Å². The Labute approximate surface area is 155 Å². The van der Waals surface area contributed by atoms with Crippen molar-refractivity contribution in [1.82, 2.24) is 15.5 Å². The molecule has 1 amide bonds. The second kappa shape index (κ2) is 7.58. The fourth-order valence-corrected chi connectivity index (χ4v) is 3.30. The van der Waals surface area contributed by atoms with Crippen LogP contribution >= 0.6 is 0 Å². The number of rotatable bonds is 4. The summed E-state index contributed by atoms with van der Waals surface area (Å²) in [4.78, 5) is 36.7. The Morgan fingerprint density at radius 3 is 2.59 bits per heavy atom. The fraction of sp³-hybridized carbons (Fsp3) is 0.421. The Morgan fingerprint density at radius 2 is 1.93 bits per heavy atom. The van der Waals surface area contributed by atoms with Gasteiger partial charge in [-0.1, -0.05) is 37.5 Å². The Morgan fingerprint density at radius 1 is 1.26 bits per heavy atom. The van der Waals surface area contributed by atoms with E-state index in [1.54, 1.807) is 24.3 Å². The number of nitriles is 1. The van der Waals surface area contributed by atoms with Gasteiger partial charge in [0.15, 0.2) is 11.8 Å². The number of ether oxygens (including phenoxy) is 1. The van der Waals surface area contributed by atoms with Crippen LogP contribution < -0.4 is 10.9 Å². The molecule has 2 aromatic rings. The number of aromatic nitrogens is 2. The smallest absolute Gasteiger partial charge is 0.360 e. The van der Waals surface area contributed by atoms with E-state index in [1.165, 1.54) is 6.92 Å². The minimum absolute atomic E-state index is 0.0717. The van der Waals surface area contributed by atoms with Crippen molar-refractivity contribution >= 4 is 22.6 Å². The molecule has 1 atom stereocenters. The summed E-state index contributed by atoms with van der Waals surface area (Å²) in [6.45, 7) is 1.44. The number of carbonyl (C=O) groups is 2. The molecule has 0 radical (unpaired) electrons. The lowest BCUT2D eigenvalue weighted by atomic mass is 9.83. The van der Waals surface area contributed by atoms with E-state index in [1.807, 2.05) is 0 Å². The molecule has 0 unspecified atom stereocenters. The first-order chi connectivity index (χ1) is 13.0. The van der Waals surface area contributed by atoms with Crippen molar-refractivity contribution in [2.75, 3.05) is 0 Å². The molecule has 2 N–H and O–H groups in total. The Hall–Kier alpha value is -3.21. The monoisotopic (exact) mass is 368 g/mol. The van der Waals surface area contributed by atoms with Crippen molar-refractivity contribution in [3.63, 3.8) is 0 Å². The summed E-state index contributed by atoms with van der Waals surface area (Å²) < 4.78 is 5.23. The van der Waals surface area contributed by atoms with Gasteiger partial charge in [-0.25, -0.2) is 9.89 Å². The van der Waals surface area contributed by atoms with Crippen LogP contribution in [0.15, 0.2) is 29.1 Å². The minimum atomic E-state index is -1.10. The van der Waals surface area contributed by atoms with Crippen LogP contribution in [0.3, 0.4) is 0 Å². The van der Waals surface area contributed by atoms with Crippen LogP contribution in [0.5, 0.6) is 0 Å². The lowest BCUT2D eigenvalue weighted by Gasteiger charge is -2.32. The molecule has 1 aliphatic carbocycles. The number of aromatic amines is 1. The number of carbonyl (C=O) groups excluding carboxylic acids is 2. The third-order valence-corrected chi connectivity index (χ3v) is 4.83. The first-order valence-corrected chi connectivity index (χ1v) is 8.87. The van der Waals surface area contributed by atoms with Crippen LogP contribution in [-0.4, -0.2) is 33.7 Å². The zero-order chi connectivity index (χ0) is 19.4. The summed E-state index contributed by atoms with van der Waals surface area (Å²) in [5.41, 5.74) is -1.39. The van der Waals surface area contributed by atoms with E-state index >= 15 is 0 Å². The molecule has 1 aliphatic rings. The lowest BCUT2D eigenvalue weighted by Crippen LogP contribution is -2.52. The largest absolute Gasteiger partial charge is 0.448 e. The number of hydrogen-bond donors (Lipinski definition) is 2. The van der Waals surface area contributed by atoms with Gasteiger partial charge in [-0.15, -0.1) is 0 Å². The third-order valence-electron chi connectivity index (χ3n) is 4.83. The quantitative estimate of drug-likeness (QED) is 0.793. The van der Waals surface area contributed by atoms with Crippen molar-refractivity contribution in [2.24, 2.45) is 0 Å². The zero-order valence-corrected chi connectivity index (χ0v) is 14.9. The SMILES string of the molecule is C[C@H](OC(=O)c1n[nH]c(=O)c2ccccc12)C(=O)NC1(C#N)CCCCC1. The summed E-state index contributed by atoms with van der Waals surface area (Å²) in [5, 5.41) is 18.9. The molecule has 0 saturated heterocycles. The van der Waals surface area contributed by atoms with Gasteiger partial charge >= 0.3 is 5.97 Å². The Kier molecular flexibility index (Phi) is 5.21. The number of benzene rings is 1. The molecular formula is C19H20N4O4. The summed E-state index contributed by atoms with van der Waals surface area (Å²) >= 11 is 0. The van der Waals surface area contributed by atoms with Crippen molar-refractivity contribution in [3.8, 4) is 6.07 Å². The first-order valence-electron chi connectivity index (χ1n) is 8.87. The van der Waals surface area contributed by atoms with E-state index in [9.17, 15) is 19.6 Å². The minimum Gasteiger partial charge on any atom is -0.448 e. The number of H-pyrrole nitrogens is 1. The molecule has 8 nitrogen and oxygen atoms in total. The number of nitrogens with zero attached hydrogens (tertiary/aromatic N) is 2. The van der Waals surface area contributed by atoms with Gasteiger partial charge in [0.1, 0.15) is 5.54 Å². The highest BCUT2D eigenvalue weighted by Crippen LogP contribution is 2.27. The van der Waals surface area contributed by atoms with Crippen LogP contribution in [0.4, 0.5) is 0 Å². The topological polar surface area (TPSA) is 125 Å². The molecule has 0 bridgehead atoms. The highest BCUT2D eigenvalue weighted by molar-refractivity contribution is 6.02. The number of nitrogens with one attached hydrogen (secondary N) is 2. The van der Waals surface area contributed by atoms with Gasteiger partial charge in [0, 0.05) is 5.39 Å². The number of amides is 1. The van der Waals surface area contributed by atoms with Gasteiger partial charge in [0.05, 0.1) is 11.5 Å². The Balaban J connectivity index is 1.74. The normalized spacial score (nSPS) is 16.9. The molecule has 1 aromatic heterocycles. The van der Waals surface area contributed by atoms with Crippen LogP contribution in [0.1, 0.15) is 49.5 Å². The maximum Gasteiger partial charge on any atom is 0.360 e. The zero-order valence-electron chi connectivity index (χ0n) is 14.9. The second-order valence-electron chi connectivity index (χ2n) is 6.74. The van der Waals surface area contributed by atoms with Crippen molar-refractivity contribution in [1.29, 1.82) is 5.26 Å². The average Bonchev–Trinajstić information content (AvgIpc) is 2.69. The predicted molar refractivity (Wildman–Crippen MR) is 96.8 cm³/mol. The van der Waals surface area contributed by atoms with Gasteiger partial charge in [0.25, 0.3) is 11.5 Å². The molecular weight excluding hydrogens is 348 g/mol. The number of esters is 1. The van der Waals surface area contributed by atoms with Gasteiger partial charge in [0.2, 0.25) is 0 Å². The van der Waals surface area contributed by atoms with Gasteiger partial charge < -0.3 is 10.1 Å². The van der Waals surface area contributed by atoms with Crippen LogP contribution in [0, 0.1) is 11.3 Å². The molecule has 1 heterocycles. The summed E-state index contributed by atoms with van der Waals surface area (Å²) in [5.74, 6) is -1.35. The van der Waals surface area contributed by atoms with Crippen molar-refractivity contribution in [3.05, 3.63) is 40.3 Å². The summed E-state index contributed by atoms with van der Waals surface area (Å²) in [6, 6.07) is 8.71. The number of fused-ring (bicyclic) bond motifs is 1. The second-order valence-corrected chi connectivity index (χ2v) is 6.74. The van der Waals surface area contributed by atoms with E-state index in [4.69, 9.17) is 4.74 Å². The van der Waals surface area contributed by atoms with Crippen molar-refractivity contribution in [2.45, 2.75) is 50.7 Å². The molecule has 0 aliphatic heterocycles. The average molecular weight is 368 g/mol. The fourth-order valence-electron chi connectivity index (χ4n) is 3.30. The molecule has 3 rings (SSSR count). The standard InChI is InChI=1S/C19H20N4O4/c1-12(16(24)21-19(11-20)9-5-2-6-10-19)27-18(26)15-13-7-3-4-8-14(13)17(25)23-22-15/h3-4,7-8,12H,2,5-6,9-10H2,1H3,(H,21,24)(H,23,25)/t12-/m0/s1. The van der Waals surface area contributed by atoms with Crippen LogP contribution in [0.2, 0.25) is 0 Å². The lowest BCUT2D eigenvalue weighted by molar-refractivity contribution is -0.130. The van der Waals surface area contributed by atoms with Crippen LogP contribution in [0.25, 0.3) is 10.8 Å². The number of hydrogen-bond acceptors (Lipinski definition) is 6. The molecule has 1 aromatic carbocycles. The highest BCUT2D eigenvalue weighted by atomic mass is 16.5. The molecule has 1 fully saturated rings. The van der Waals surface area contributed by atoms with E-state index < -0.39 is 29.1 Å². The summed E-state index contributed by atoms with van der Waals surface area (Å²) in [6.07, 6.45) is 2.85. The predicted octanol–water partition coefficient (Wildman–Crippen LogP) is 1.81. The van der Waals surface area contributed by atoms with Gasteiger partial charge in [-0.3, -0.25) is 9.59 Å². The highest BCUT2D eigenvalue weighted by Gasteiger charge is 2.35. The molecule has 27 heavy (non-hydrogen) atoms. The van der Waals surface area contributed by atoms with Gasteiger partial charge in [-0.05, 0) is 25.8 Å². The molecule has 0 spiro atoms. The van der Waals surface area contributed by atoms with E-state index in [-0.39, 0.29) is 5.69 Å².